The van der Waals surface area contributed by atoms with Crippen LogP contribution in [0.3, 0.4) is 0 Å². The molecule has 0 bridgehead atoms. The molecule has 0 aliphatic heterocycles. The lowest BCUT2D eigenvalue weighted by molar-refractivity contribution is -0.137. The summed E-state index contributed by atoms with van der Waals surface area (Å²) in [7, 11) is 0. The number of hydrogen-bond donors (Lipinski definition) is 1. The number of esters is 1. The van der Waals surface area contributed by atoms with E-state index >= 15 is 0 Å². The number of ether oxygens (including phenoxy) is 1. The third-order valence-electron chi connectivity index (χ3n) is 3.12. The average Bonchev–Trinajstić information content (AvgIpc) is 2.49. The molecule has 0 fully saturated rings. The summed E-state index contributed by atoms with van der Waals surface area (Å²) in [5.41, 5.74) is 2.70. The van der Waals surface area contributed by atoms with Crippen molar-refractivity contribution in [3.05, 3.63) is 71.3 Å². The predicted octanol–water partition coefficient (Wildman–Crippen LogP) is 3.50. The Morgan fingerprint density at radius 2 is 1.95 bits per heavy atom. The molecule has 21 heavy (non-hydrogen) atoms. The molecule has 0 aliphatic carbocycles. The first-order chi connectivity index (χ1) is 10.1. The molecular weight excluding hydrogens is 264 g/mol. The van der Waals surface area contributed by atoms with Crippen molar-refractivity contribution < 1.29 is 14.6 Å². The van der Waals surface area contributed by atoms with Crippen LogP contribution in [0.4, 0.5) is 0 Å². The van der Waals surface area contributed by atoms with Gasteiger partial charge in [-0.15, -0.1) is 0 Å². The van der Waals surface area contributed by atoms with E-state index in [1.54, 1.807) is 18.2 Å². The molecule has 2 rings (SSSR count). The molecule has 0 atom stereocenters. The van der Waals surface area contributed by atoms with E-state index in [1.807, 2.05) is 43.3 Å². The minimum Gasteiger partial charge on any atom is -0.508 e. The highest BCUT2D eigenvalue weighted by Crippen LogP contribution is 2.18. The standard InChI is InChI=1S/C18H18O3/c1-14-7-8-16(13-17(14)19)9-10-18(20)21-12-11-15-5-3-2-4-6-15/h2-10,13,19H,11-12H2,1H3/b10-9+. The summed E-state index contributed by atoms with van der Waals surface area (Å²) in [4.78, 5) is 11.6. The van der Waals surface area contributed by atoms with E-state index in [1.165, 1.54) is 6.08 Å². The molecule has 0 aromatic heterocycles. The van der Waals surface area contributed by atoms with Crippen LogP contribution in [0, 0.1) is 6.92 Å². The maximum absolute atomic E-state index is 11.6. The van der Waals surface area contributed by atoms with E-state index in [0.717, 1.165) is 16.7 Å². The molecule has 108 valence electrons. The van der Waals surface area contributed by atoms with Crippen molar-refractivity contribution in [2.24, 2.45) is 0 Å². The molecule has 0 spiro atoms. The Labute approximate surface area is 124 Å². The molecule has 0 unspecified atom stereocenters. The number of hydrogen-bond acceptors (Lipinski definition) is 3. The van der Waals surface area contributed by atoms with Crippen LogP contribution in [0.5, 0.6) is 5.75 Å². The lowest BCUT2D eigenvalue weighted by Gasteiger charge is -2.02. The van der Waals surface area contributed by atoms with Crippen LogP contribution in [0.1, 0.15) is 16.7 Å². The molecule has 3 heteroatoms. The minimum atomic E-state index is -0.383. The third kappa shape index (κ3) is 4.80. The molecule has 0 heterocycles. The van der Waals surface area contributed by atoms with Gasteiger partial charge < -0.3 is 9.84 Å². The lowest BCUT2D eigenvalue weighted by Crippen LogP contribution is -2.04. The highest BCUT2D eigenvalue weighted by atomic mass is 16.5. The van der Waals surface area contributed by atoms with Crippen molar-refractivity contribution in [2.45, 2.75) is 13.3 Å². The van der Waals surface area contributed by atoms with Gasteiger partial charge in [0.2, 0.25) is 0 Å². The predicted molar refractivity (Wildman–Crippen MR) is 83.0 cm³/mol. The smallest absolute Gasteiger partial charge is 0.330 e. The second-order valence-corrected chi connectivity index (χ2v) is 4.78. The molecule has 0 amide bonds. The summed E-state index contributed by atoms with van der Waals surface area (Å²) in [6.07, 6.45) is 3.70. The summed E-state index contributed by atoms with van der Waals surface area (Å²) in [5.74, 6) is -0.166. The third-order valence-corrected chi connectivity index (χ3v) is 3.12. The number of carbonyl (C=O) groups excluding carboxylic acids is 1. The Hall–Kier alpha value is -2.55. The van der Waals surface area contributed by atoms with Crippen molar-refractivity contribution in [2.75, 3.05) is 6.61 Å². The van der Waals surface area contributed by atoms with E-state index in [-0.39, 0.29) is 11.7 Å². The van der Waals surface area contributed by atoms with Gasteiger partial charge in [0, 0.05) is 12.5 Å². The number of phenolic OH excluding ortho intramolecular Hbond substituents is 1. The van der Waals surface area contributed by atoms with Crippen LogP contribution in [0.15, 0.2) is 54.6 Å². The summed E-state index contributed by atoms with van der Waals surface area (Å²) in [6, 6.07) is 15.1. The zero-order chi connectivity index (χ0) is 15.1. The van der Waals surface area contributed by atoms with E-state index in [2.05, 4.69) is 0 Å². The lowest BCUT2D eigenvalue weighted by atomic mass is 10.1. The van der Waals surface area contributed by atoms with Crippen LogP contribution in [-0.4, -0.2) is 17.7 Å². The number of rotatable bonds is 5. The zero-order valence-corrected chi connectivity index (χ0v) is 12.0. The Kier molecular flexibility index (Phi) is 5.16. The van der Waals surface area contributed by atoms with Crippen LogP contribution in [-0.2, 0) is 16.0 Å². The quantitative estimate of drug-likeness (QED) is 0.674. The maximum Gasteiger partial charge on any atom is 0.330 e. The largest absolute Gasteiger partial charge is 0.508 e. The molecule has 0 aliphatic rings. The Morgan fingerprint density at radius 3 is 2.67 bits per heavy atom. The fourth-order valence-corrected chi connectivity index (χ4v) is 1.86. The fraction of sp³-hybridized carbons (Fsp3) is 0.167. The molecule has 0 saturated heterocycles. The number of phenols is 1. The second kappa shape index (κ2) is 7.29. The molecule has 2 aromatic rings. The highest BCUT2D eigenvalue weighted by molar-refractivity contribution is 5.87. The first-order valence-electron chi connectivity index (χ1n) is 6.83. The maximum atomic E-state index is 11.6. The molecule has 0 saturated carbocycles. The van der Waals surface area contributed by atoms with Gasteiger partial charge in [0.25, 0.3) is 0 Å². The average molecular weight is 282 g/mol. The first kappa shape index (κ1) is 14.9. The number of carbonyl (C=O) groups is 1. The normalized spacial score (nSPS) is 10.7. The van der Waals surface area contributed by atoms with Gasteiger partial charge in [0.1, 0.15) is 5.75 Å². The van der Waals surface area contributed by atoms with Crippen LogP contribution in [0.2, 0.25) is 0 Å². The topological polar surface area (TPSA) is 46.5 Å². The van der Waals surface area contributed by atoms with Crippen molar-refractivity contribution in [1.82, 2.24) is 0 Å². The van der Waals surface area contributed by atoms with Crippen molar-refractivity contribution in [1.29, 1.82) is 0 Å². The van der Waals surface area contributed by atoms with Crippen LogP contribution < -0.4 is 0 Å². The van der Waals surface area contributed by atoms with Gasteiger partial charge in [-0.25, -0.2) is 4.79 Å². The number of aromatic hydroxyl groups is 1. The van der Waals surface area contributed by atoms with Crippen molar-refractivity contribution >= 4 is 12.0 Å². The highest BCUT2D eigenvalue weighted by Gasteiger charge is 1.99. The fourth-order valence-electron chi connectivity index (χ4n) is 1.86. The van der Waals surface area contributed by atoms with E-state index < -0.39 is 0 Å². The van der Waals surface area contributed by atoms with Crippen LogP contribution >= 0.6 is 0 Å². The summed E-state index contributed by atoms with van der Waals surface area (Å²) >= 11 is 0. The Bertz CT molecular complexity index is 630. The Balaban J connectivity index is 1.81. The Morgan fingerprint density at radius 1 is 1.19 bits per heavy atom. The van der Waals surface area contributed by atoms with Crippen molar-refractivity contribution in [3.63, 3.8) is 0 Å². The van der Waals surface area contributed by atoms with Gasteiger partial charge >= 0.3 is 5.97 Å². The zero-order valence-electron chi connectivity index (χ0n) is 12.0. The van der Waals surface area contributed by atoms with Gasteiger partial charge in [-0.1, -0.05) is 42.5 Å². The SMILES string of the molecule is Cc1ccc(/C=C/C(=O)OCCc2ccccc2)cc1O. The number of benzene rings is 2. The van der Waals surface area contributed by atoms with E-state index in [4.69, 9.17) is 4.74 Å². The van der Waals surface area contributed by atoms with Gasteiger partial charge in [0.15, 0.2) is 0 Å². The van der Waals surface area contributed by atoms with Crippen LogP contribution in [0.25, 0.3) is 6.08 Å². The summed E-state index contributed by atoms with van der Waals surface area (Å²) in [5, 5.41) is 9.58. The molecule has 0 radical (unpaired) electrons. The van der Waals surface area contributed by atoms with Crippen molar-refractivity contribution in [3.8, 4) is 5.75 Å². The van der Waals surface area contributed by atoms with E-state index in [9.17, 15) is 9.90 Å². The number of aryl methyl sites for hydroxylation is 1. The molecular formula is C18H18O3. The minimum absolute atomic E-state index is 0.217. The molecule has 2 aromatic carbocycles. The second-order valence-electron chi connectivity index (χ2n) is 4.78. The van der Waals surface area contributed by atoms with Gasteiger partial charge in [-0.3, -0.25) is 0 Å². The molecule has 3 nitrogen and oxygen atoms in total. The first-order valence-corrected chi connectivity index (χ1v) is 6.83. The van der Waals surface area contributed by atoms with E-state index in [0.29, 0.717) is 13.0 Å². The summed E-state index contributed by atoms with van der Waals surface area (Å²) < 4.78 is 5.13. The van der Waals surface area contributed by atoms with Gasteiger partial charge in [-0.2, -0.15) is 0 Å². The van der Waals surface area contributed by atoms with Gasteiger partial charge in [0.05, 0.1) is 6.61 Å². The monoisotopic (exact) mass is 282 g/mol. The van der Waals surface area contributed by atoms with Gasteiger partial charge in [-0.05, 0) is 35.8 Å². The molecule has 1 N–H and O–H groups in total. The summed E-state index contributed by atoms with van der Waals surface area (Å²) in [6.45, 7) is 2.17.